The van der Waals surface area contributed by atoms with Crippen LogP contribution in [0.1, 0.15) is 45.2 Å². The number of amides is 1. The lowest BCUT2D eigenvalue weighted by Gasteiger charge is -2.27. The second kappa shape index (κ2) is 10.1. The van der Waals surface area contributed by atoms with E-state index in [4.69, 9.17) is 0 Å². The average Bonchev–Trinajstić information content (AvgIpc) is 3.49. The van der Waals surface area contributed by atoms with Gasteiger partial charge in [-0.2, -0.15) is 0 Å². The van der Waals surface area contributed by atoms with Crippen LogP contribution in [0.5, 0.6) is 0 Å². The van der Waals surface area contributed by atoms with Gasteiger partial charge in [-0.05, 0) is 86.6 Å². The summed E-state index contributed by atoms with van der Waals surface area (Å²) in [5.74, 6) is -0.263. The standard InChI is InChI=1S/C25H29N3O3S2/c1-18-7-5-8-20(15-18)27-33(30,31)21-11-10-19(2)22(16-21)25(29)26-17-23(24-9-6-14-32-24)28-12-3-4-13-28/h5-11,14-16,23,27H,3-4,12-13,17H2,1-2H3,(H,26,29). The number of anilines is 1. The molecule has 1 aliphatic heterocycles. The van der Waals surface area contributed by atoms with E-state index in [0.29, 0.717) is 17.8 Å². The minimum Gasteiger partial charge on any atom is -0.350 e. The maximum atomic E-state index is 13.1. The van der Waals surface area contributed by atoms with E-state index in [1.165, 1.54) is 29.9 Å². The average molecular weight is 484 g/mol. The number of nitrogens with one attached hydrogen (secondary N) is 2. The van der Waals surface area contributed by atoms with Gasteiger partial charge in [-0.15, -0.1) is 11.3 Å². The van der Waals surface area contributed by atoms with E-state index in [-0.39, 0.29) is 16.8 Å². The van der Waals surface area contributed by atoms with Crippen LogP contribution in [-0.4, -0.2) is 38.9 Å². The van der Waals surface area contributed by atoms with Crippen molar-refractivity contribution in [3.63, 3.8) is 0 Å². The molecule has 3 aromatic rings. The molecule has 174 valence electrons. The van der Waals surface area contributed by atoms with E-state index in [1.807, 2.05) is 26.0 Å². The summed E-state index contributed by atoms with van der Waals surface area (Å²) >= 11 is 1.70. The summed E-state index contributed by atoms with van der Waals surface area (Å²) in [4.78, 5) is 16.8. The quantitative estimate of drug-likeness (QED) is 0.485. The Labute approximate surface area is 199 Å². The molecule has 0 aliphatic carbocycles. The number of thiophene rings is 1. The molecule has 1 fully saturated rings. The normalized spacial score (nSPS) is 15.3. The molecule has 0 bridgehead atoms. The molecule has 6 nitrogen and oxygen atoms in total. The van der Waals surface area contributed by atoms with Crippen LogP contribution in [0.4, 0.5) is 5.69 Å². The zero-order chi connectivity index (χ0) is 23.4. The van der Waals surface area contributed by atoms with E-state index in [2.05, 4.69) is 26.4 Å². The lowest BCUT2D eigenvalue weighted by molar-refractivity contribution is 0.0937. The molecule has 1 aromatic heterocycles. The Morgan fingerprint density at radius 2 is 1.85 bits per heavy atom. The van der Waals surface area contributed by atoms with Crippen molar-refractivity contribution >= 4 is 33.0 Å². The van der Waals surface area contributed by atoms with E-state index in [0.717, 1.165) is 24.2 Å². The summed E-state index contributed by atoms with van der Waals surface area (Å²) in [5, 5.41) is 5.11. The molecule has 1 saturated heterocycles. The molecule has 1 atom stereocenters. The first-order chi connectivity index (χ1) is 15.8. The first-order valence-corrected chi connectivity index (χ1v) is 13.5. The van der Waals surface area contributed by atoms with Gasteiger partial charge in [-0.1, -0.05) is 24.3 Å². The van der Waals surface area contributed by atoms with Crippen molar-refractivity contribution in [2.75, 3.05) is 24.4 Å². The van der Waals surface area contributed by atoms with E-state index in [1.54, 1.807) is 35.6 Å². The van der Waals surface area contributed by atoms with Gasteiger partial charge in [0.2, 0.25) is 0 Å². The van der Waals surface area contributed by atoms with Crippen molar-refractivity contribution in [3.05, 3.63) is 81.5 Å². The van der Waals surface area contributed by atoms with Gasteiger partial charge in [0.05, 0.1) is 10.9 Å². The van der Waals surface area contributed by atoms with Crippen molar-refractivity contribution in [1.29, 1.82) is 0 Å². The Morgan fingerprint density at radius 3 is 2.55 bits per heavy atom. The van der Waals surface area contributed by atoms with Crippen LogP contribution in [0.2, 0.25) is 0 Å². The minimum atomic E-state index is -3.82. The number of carbonyl (C=O) groups excluding carboxylic acids is 1. The molecule has 1 aliphatic rings. The van der Waals surface area contributed by atoms with Crippen molar-refractivity contribution < 1.29 is 13.2 Å². The fourth-order valence-electron chi connectivity index (χ4n) is 4.16. The molecule has 2 N–H and O–H groups in total. The van der Waals surface area contributed by atoms with Gasteiger partial charge in [0.25, 0.3) is 15.9 Å². The van der Waals surface area contributed by atoms with Gasteiger partial charge >= 0.3 is 0 Å². The number of sulfonamides is 1. The Bertz CT molecular complexity index is 1220. The maximum absolute atomic E-state index is 13.1. The first-order valence-electron chi connectivity index (χ1n) is 11.1. The number of nitrogens with zero attached hydrogens (tertiary/aromatic N) is 1. The number of hydrogen-bond acceptors (Lipinski definition) is 5. The Hall–Kier alpha value is -2.68. The summed E-state index contributed by atoms with van der Waals surface area (Å²) in [6.07, 6.45) is 2.34. The predicted octanol–water partition coefficient (Wildman–Crippen LogP) is 4.73. The zero-order valence-electron chi connectivity index (χ0n) is 18.9. The van der Waals surface area contributed by atoms with Crippen molar-refractivity contribution in [2.45, 2.75) is 37.6 Å². The van der Waals surface area contributed by atoms with Crippen LogP contribution < -0.4 is 10.0 Å². The Balaban J connectivity index is 1.51. The van der Waals surface area contributed by atoms with Crippen LogP contribution in [0, 0.1) is 13.8 Å². The molecule has 2 aromatic carbocycles. The third kappa shape index (κ3) is 5.63. The number of carbonyl (C=O) groups is 1. The van der Waals surface area contributed by atoms with Gasteiger partial charge in [0, 0.05) is 22.7 Å². The van der Waals surface area contributed by atoms with Gasteiger partial charge in [-0.25, -0.2) is 8.42 Å². The molecular weight excluding hydrogens is 454 g/mol. The number of hydrogen-bond donors (Lipinski definition) is 2. The summed E-state index contributed by atoms with van der Waals surface area (Å²) < 4.78 is 28.5. The molecular formula is C25H29N3O3S2. The molecule has 8 heteroatoms. The second-order valence-electron chi connectivity index (χ2n) is 8.44. The molecule has 0 radical (unpaired) electrons. The van der Waals surface area contributed by atoms with Gasteiger partial charge in [0.1, 0.15) is 0 Å². The second-order valence-corrected chi connectivity index (χ2v) is 11.1. The SMILES string of the molecule is Cc1cccc(NS(=O)(=O)c2ccc(C)c(C(=O)NCC(c3cccs3)N3CCCC3)c2)c1. The lowest BCUT2D eigenvalue weighted by Crippen LogP contribution is -2.36. The molecule has 0 saturated carbocycles. The number of aryl methyl sites for hydroxylation is 2. The molecule has 1 unspecified atom stereocenters. The summed E-state index contributed by atoms with van der Waals surface area (Å²) in [6.45, 7) is 6.25. The molecule has 0 spiro atoms. The predicted molar refractivity (Wildman–Crippen MR) is 133 cm³/mol. The Kier molecular flexibility index (Phi) is 7.17. The molecule has 2 heterocycles. The fourth-order valence-corrected chi connectivity index (χ4v) is 6.10. The molecule has 4 rings (SSSR count). The number of benzene rings is 2. The van der Waals surface area contributed by atoms with E-state index >= 15 is 0 Å². The van der Waals surface area contributed by atoms with Crippen molar-refractivity contribution in [2.24, 2.45) is 0 Å². The third-order valence-electron chi connectivity index (χ3n) is 5.94. The highest BCUT2D eigenvalue weighted by atomic mass is 32.2. The summed E-state index contributed by atoms with van der Waals surface area (Å²) in [5.41, 5.74) is 2.55. The largest absolute Gasteiger partial charge is 0.350 e. The van der Waals surface area contributed by atoms with Gasteiger partial charge < -0.3 is 5.32 Å². The van der Waals surface area contributed by atoms with Crippen molar-refractivity contribution in [3.8, 4) is 0 Å². The highest BCUT2D eigenvalue weighted by Crippen LogP contribution is 2.28. The lowest BCUT2D eigenvalue weighted by atomic mass is 10.1. The van der Waals surface area contributed by atoms with Crippen molar-refractivity contribution in [1.82, 2.24) is 10.2 Å². The van der Waals surface area contributed by atoms with Gasteiger partial charge in [-0.3, -0.25) is 14.4 Å². The van der Waals surface area contributed by atoms with E-state index < -0.39 is 10.0 Å². The number of likely N-dealkylation sites (tertiary alicyclic amines) is 1. The summed E-state index contributed by atoms with van der Waals surface area (Å²) in [7, 11) is -3.82. The Morgan fingerprint density at radius 1 is 1.06 bits per heavy atom. The molecule has 33 heavy (non-hydrogen) atoms. The van der Waals surface area contributed by atoms with Crippen LogP contribution in [0.25, 0.3) is 0 Å². The maximum Gasteiger partial charge on any atom is 0.261 e. The first kappa shape index (κ1) is 23.5. The fraction of sp³-hybridized carbons (Fsp3) is 0.320. The number of rotatable bonds is 8. The monoisotopic (exact) mass is 483 g/mol. The minimum absolute atomic E-state index is 0.0640. The highest BCUT2D eigenvalue weighted by molar-refractivity contribution is 7.92. The van der Waals surface area contributed by atoms with Crippen LogP contribution in [0.3, 0.4) is 0 Å². The smallest absolute Gasteiger partial charge is 0.261 e. The van der Waals surface area contributed by atoms with Gasteiger partial charge in [0.15, 0.2) is 0 Å². The van der Waals surface area contributed by atoms with E-state index in [9.17, 15) is 13.2 Å². The topological polar surface area (TPSA) is 78.5 Å². The zero-order valence-corrected chi connectivity index (χ0v) is 20.5. The third-order valence-corrected chi connectivity index (χ3v) is 8.30. The van der Waals surface area contributed by atoms with Crippen LogP contribution >= 0.6 is 11.3 Å². The summed E-state index contributed by atoms with van der Waals surface area (Å²) in [6, 6.07) is 16.1. The highest BCUT2D eigenvalue weighted by Gasteiger charge is 2.25. The van der Waals surface area contributed by atoms with Crippen LogP contribution in [-0.2, 0) is 10.0 Å². The van der Waals surface area contributed by atoms with Crippen LogP contribution in [0.15, 0.2) is 64.9 Å². The molecule has 1 amide bonds.